The molecule has 0 unspecified atom stereocenters. The van der Waals surface area contributed by atoms with Crippen molar-refractivity contribution in [2.75, 3.05) is 38.2 Å². The predicted octanol–water partition coefficient (Wildman–Crippen LogP) is 2.91. The molecule has 0 bridgehead atoms. The van der Waals surface area contributed by atoms with Crippen molar-refractivity contribution in [1.82, 2.24) is 20.3 Å². The van der Waals surface area contributed by atoms with E-state index in [0.717, 1.165) is 32.5 Å². The molecule has 8 nitrogen and oxygen atoms in total. The second kappa shape index (κ2) is 10.2. The number of halogens is 1. The Morgan fingerprint density at radius 3 is 2.97 bits per heavy atom. The molecule has 2 aliphatic heterocycles. The number of ketones is 1. The number of pyridine rings is 1. The number of ether oxygens (including phenoxy) is 2. The Bertz CT molecular complexity index is 949. The summed E-state index contributed by atoms with van der Waals surface area (Å²) < 4.78 is 11.4. The van der Waals surface area contributed by atoms with Crippen LogP contribution in [0.15, 0.2) is 24.7 Å². The zero-order valence-electron chi connectivity index (χ0n) is 18.6. The van der Waals surface area contributed by atoms with Crippen molar-refractivity contribution in [1.29, 1.82) is 0 Å². The molecule has 2 fully saturated rings. The van der Waals surface area contributed by atoms with Gasteiger partial charge in [0.15, 0.2) is 5.78 Å². The number of nitrogens with one attached hydrogen (secondary N) is 2. The summed E-state index contributed by atoms with van der Waals surface area (Å²) >= 11 is 6.41. The zero-order chi connectivity index (χ0) is 22.6. The fourth-order valence-corrected chi connectivity index (χ4v) is 4.40. The number of rotatable bonds is 7. The van der Waals surface area contributed by atoms with Gasteiger partial charge in [-0.2, -0.15) is 0 Å². The lowest BCUT2D eigenvalue weighted by Crippen LogP contribution is -2.43. The van der Waals surface area contributed by atoms with Crippen LogP contribution in [0.5, 0.6) is 0 Å². The highest BCUT2D eigenvalue weighted by Gasteiger charge is 2.28. The minimum Gasteiger partial charge on any atom is -0.376 e. The summed E-state index contributed by atoms with van der Waals surface area (Å²) in [5, 5.41) is 7.05. The highest BCUT2D eigenvalue weighted by molar-refractivity contribution is 6.33. The molecule has 4 rings (SSSR count). The van der Waals surface area contributed by atoms with E-state index in [2.05, 4.69) is 34.4 Å². The van der Waals surface area contributed by atoms with Gasteiger partial charge in [-0.05, 0) is 38.7 Å². The molecule has 9 heteroatoms. The van der Waals surface area contributed by atoms with Crippen molar-refractivity contribution in [3.8, 4) is 11.3 Å². The van der Waals surface area contributed by atoms with Crippen LogP contribution in [0.3, 0.4) is 0 Å². The number of hydrogen-bond donors (Lipinski definition) is 2. The molecule has 0 spiro atoms. The standard InChI is InChI=1S/C23H30ClN5O3/c1-23(2)9-15(3-5-32-23)10-28-22-14-26-12-19(29-22)17-7-16(27-11-18(17)24)8-20(30)21-13-25-4-6-31-21/h7,11-12,14-15,21,25H,3-6,8-10,13H2,1-2H3,(H,28,29)/t15-,21-/m1/s1. The third-order valence-electron chi connectivity index (χ3n) is 5.84. The molecule has 0 amide bonds. The predicted molar refractivity (Wildman–Crippen MR) is 123 cm³/mol. The van der Waals surface area contributed by atoms with Gasteiger partial charge in [0.05, 0.1) is 41.7 Å². The van der Waals surface area contributed by atoms with Gasteiger partial charge in [-0.3, -0.25) is 14.8 Å². The Morgan fingerprint density at radius 1 is 1.31 bits per heavy atom. The normalized spacial score (nSPS) is 23.0. The molecule has 0 aliphatic carbocycles. The Kier molecular flexibility index (Phi) is 7.35. The number of anilines is 1. The molecule has 2 aromatic heterocycles. The highest BCUT2D eigenvalue weighted by atomic mass is 35.5. The molecule has 32 heavy (non-hydrogen) atoms. The molecule has 2 aliphatic rings. The second-order valence-electron chi connectivity index (χ2n) is 9.00. The van der Waals surface area contributed by atoms with Crippen LogP contribution >= 0.6 is 11.6 Å². The number of morpholine rings is 1. The molecule has 2 saturated heterocycles. The third kappa shape index (κ3) is 6.01. The first-order chi connectivity index (χ1) is 15.4. The van der Waals surface area contributed by atoms with Crippen LogP contribution in [-0.4, -0.2) is 65.3 Å². The van der Waals surface area contributed by atoms with E-state index in [9.17, 15) is 4.79 Å². The zero-order valence-corrected chi connectivity index (χ0v) is 19.3. The highest BCUT2D eigenvalue weighted by Crippen LogP contribution is 2.30. The van der Waals surface area contributed by atoms with Crippen molar-refractivity contribution in [2.45, 2.75) is 44.8 Å². The van der Waals surface area contributed by atoms with Crippen LogP contribution in [-0.2, 0) is 20.7 Å². The first kappa shape index (κ1) is 23.0. The molecule has 2 aromatic rings. The van der Waals surface area contributed by atoms with Crippen LogP contribution < -0.4 is 10.6 Å². The lowest BCUT2D eigenvalue weighted by atomic mass is 9.88. The molecule has 0 aromatic carbocycles. The van der Waals surface area contributed by atoms with Gasteiger partial charge in [0.2, 0.25) is 0 Å². The van der Waals surface area contributed by atoms with Crippen LogP contribution in [0.4, 0.5) is 5.82 Å². The molecule has 2 atom stereocenters. The average Bonchev–Trinajstić information content (AvgIpc) is 2.79. The third-order valence-corrected chi connectivity index (χ3v) is 6.14. The van der Waals surface area contributed by atoms with Gasteiger partial charge in [-0.25, -0.2) is 4.98 Å². The van der Waals surface area contributed by atoms with Crippen LogP contribution in [0, 0.1) is 5.92 Å². The maximum Gasteiger partial charge on any atom is 0.168 e. The van der Waals surface area contributed by atoms with Crippen LogP contribution in [0.25, 0.3) is 11.3 Å². The Balaban J connectivity index is 1.43. The summed E-state index contributed by atoms with van der Waals surface area (Å²) in [6.07, 6.45) is 6.71. The maximum atomic E-state index is 12.6. The van der Waals surface area contributed by atoms with Crippen molar-refractivity contribution in [2.24, 2.45) is 5.92 Å². The molecular formula is C23H30ClN5O3. The average molecular weight is 460 g/mol. The quantitative estimate of drug-likeness (QED) is 0.652. The first-order valence-electron chi connectivity index (χ1n) is 11.1. The molecule has 2 N–H and O–H groups in total. The molecule has 172 valence electrons. The minimum absolute atomic E-state index is 0.00106. The number of aromatic nitrogens is 3. The summed E-state index contributed by atoms with van der Waals surface area (Å²) in [5.74, 6) is 1.21. The Hall–Kier alpha value is -2.13. The minimum atomic E-state index is -0.438. The van der Waals surface area contributed by atoms with Crippen molar-refractivity contribution >= 4 is 23.2 Å². The van der Waals surface area contributed by atoms with E-state index >= 15 is 0 Å². The molecule has 0 radical (unpaired) electrons. The van der Waals surface area contributed by atoms with Crippen molar-refractivity contribution in [3.63, 3.8) is 0 Å². The van der Waals surface area contributed by atoms with Gasteiger partial charge in [0.25, 0.3) is 0 Å². The lowest BCUT2D eigenvalue weighted by molar-refractivity contribution is -0.131. The number of carbonyl (C=O) groups excluding carboxylic acids is 1. The SMILES string of the molecule is CC1(C)C[C@H](CNc2cncc(-c3cc(CC(=O)[C@H]4CNCCO4)ncc3Cl)n2)CCO1. The Morgan fingerprint density at radius 2 is 2.19 bits per heavy atom. The number of Topliss-reactive ketones (excluding diaryl/α,β-unsaturated/α-hetero) is 1. The number of hydrogen-bond acceptors (Lipinski definition) is 8. The maximum absolute atomic E-state index is 12.6. The first-order valence-corrected chi connectivity index (χ1v) is 11.5. The number of nitrogens with zero attached hydrogens (tertiary/aromatic N) is 3. The van der Waals surface area contributed by atoms with Gasteiger partial charge >= 0.3 is 0 Å². The smallest absolute Gasteiger partial charge is 0.168 e. The van der Waals surface area contributed by atoms with E-state index in [4.69, 9.17) is 26.1 Å². The second-order valence-corrected chi connectivity index (χ2v) is 9.41. The van der Waals surface area contributed by atoms with E-state index in [-0.39, 0.29) is 17.8 Å². The molecular weight excluding hydrogens is 430 g/mol. The van der Waals surface area contributed by atoms with Crippen molar-refractivity contribution < 1.29 is 14.3 Å². The summed E-state index contributed by atoms with van der Waals surface area (Å²) in [6, 6.07) is 1.81. The summed E-state index contributed by atoms with van der Waals surface area (Å²) in [5.41, 5.74) is 1.89. The van der Waals surface area contributed by atoms with E-state index in [1.54, 1.807) is 18.6 Å². The van der Waals surface area contributed by atoms with Crippen LogP contribution in [0.2, 0.25) is 5.02 Å². The van der Waals surface area contributed by atoms with Gasteiger partial charge < -0.3 is 20.1 Å². The number of carbonyl (C=O) groups is 1. The fourth-order valence-electron chi connectivity index (χ4n) is 4.20. The van der Waals surface area contributed by atoms with E-state index in [1.807, 2.05) is 6.07 Å². The Labute approximate surface area is 193 Å². The molecule has 4 heterocycles. The summed E-state index contributed by atoms with van der Waals surface area (Å²) in [6.45, 7) is 7.68. The van der Waals surface area contributed by atoms with Crippen LogP contribution in [0.1, 0.15) is 32.4 Å². The monoisotopic (exact) mass is 459 g/mol. The van der Waals surface area contributed by atoms with Crippen molar-refractivity contribution in [3.05, 3.63) is 35.4 Å². The fraction of sp³-hybridized carbons (Fsp3) is 0.565. The van der Waals surface area contributed by atoms with Gasteiger partial charge in [-0.15, -0.1) is 0 Å². The molecule has 0 saturated carbocycles. The summed E-state index contributed by atoms with van der Waals surface area (Å²) in [4.78, 5) is 25.9. The van der Waals surface area contributed by atoms with E-state index < -0.39 is 6.10 Å². The van der Waals surface area contributed by atoms with Gasteiger partial charge in [0, 0.05) is 43.7 Å². The van der Waals surface area contributed by atoms with E-state index in [0.29, 0.717) is 46.9 Å². The lowest BCUT2D eigenvalue weighted by Gasteiger charge is -2.35. The van der Waals surface area contributed by atoms with Gasteiger partial charge in [0.1, 0.15) is 11.9 Å². The summed E-state index contributed by atoms with van der Waals surface area (Å²) in [7, 11) is 0. The topological polar surface area (TPSA) is 98.3 Å². The largest absolute Gasteiger partial charge is 0.376 e. The van der Waals surface area contributed by atoms with E-state index in [1.165, 1.54) is 0 Å². The van der Waals surface area contributed by atoms with Gasteiger partial charge in [-0.1, -0.05) is 11.6 Å².